The molecule has 1 aliphatic carbocycles. The third-order valence-electron chi connectivity index (χ3n) is 7.28. The summed E-state index contributed by atoms with van der Waals surface area (Å²) >= 11 is 2.75. The summed E-state index contributed by atoms with van der Waals surface area (Å²) < 4.78 is 5.09. The van der Waals surface area contributed by atoms with Crippen LogP contribution in [0.3, 0.4) is 0 Å². The number of nitro groups is 1. The third kappa shape index (κ3) is 6.95. The van der Waals surface area contributed by atoms with Crippen LogP contribution in [-0.4, -0.2) is 35.1 Å². The maximum atomic E-state index is 13.3. The predicted octanol–water partition coefficient (Wildman–Crippen LogP) is 7.09. The second kappa shape index (κ2) is 13.2. The number of amides is 2. The highest BCUT2D eigenvalue weighted by atomic mass is 32.2. The lowest BCUT2D eigenvalue weighted by Crippen LogP contribution is -2.23. The van der Waals surface area contributed by atoms with E-state index in [9.17, 15) is 24.5 Å². The molecule has 2 unspecified atom stereocenters. The Bertz CT molecular complexity index is 1670. The normalized spacial score (nSPS) is 14.7. The molecule has 4 aromatic rings. The summed E-state index contributed by atoms with van der Waals surface area (Å²) in [4.78, 5) is 50.9. The Morgan fingerprint density at radius 3 is 2.47 bits per heavy atom. The van der Waals surface area contributed by atoms with E-state index in [1.165, 1.54) is 60.0 Å². The molecule has 1 aromatic heterocycles. The van der Waals surface area contributed by atoms with Gasteiger partial charge in [-0.15, -0.1) is 23.1 Å². The van der Waals surface area contributed by atoms with Gasteiger partial charge in [0.2, 0.25) is 5.91 Å². The Kier molecular flexibility index (Phi) is 9.22. The van der Waals surface area contributed by atoms with Crippen molar-refractivity contribution in [2.24, 2.45) is 0 Å². The predicted molar refractivity (Wildman–Crippen MR) is 168 cm³/mol. The van der Waals surface area contributed by atoms with E-state index in [1.54, 1.807) is 25.1 Å². The van der Waals surface area contributed by atoms with Gasteiger partial charge in [0.25, 0.3) is 11.6 Å². The van der Waals surface area contributed by atoms with E-state index in [2.05, 4.69) is 22.8 Å². The number of nitrogens with one attached hydrogen (secondary N) is 2. The molecule has 1 aliphatic rings. The third-order valence-corrected chi connectivity index (χ3v) is 9.54. The zero-order chi connectivity index (χ0) is 30.5. The zero-order valence-electron chi connectivity index (χ0n) is 23.5. The molecule has 220 valence electrons. The van der Waals surface area contributed by atoms with E-state index in [0.29, 0.717) is 22.2 Å². The van der Waals surface area contributed by atoms with E-state index in [1.807, 2.05) is 24.3 Å². The van der Waals surface area contributed by atoms with Crippen molar-refractivity contribution in [3.05, 3.63) is 116 Å². The van der Waals surface area contributed by atoms with Gasteiger partial charge < -0.3 is 15.4 Å². The van der Waals surface area contributed by atoms with Crippen LogP contribution in [0.25, 0.3) is 0 Å². The number of ether oxygens (including phenoxy) is 1. The number of thiophene rings is 1. The summed E-state index contributed by atoms with van der Waals surface area (Å²) in [6.07, 6.45) is 2.44. The van der Waals surface area contributed by atoms with E-state index in [0.717, 1.165) is 34.6 Å². The van der Waals surface area contributed by atoms with E-state index >= 15 is 0 Å². The van der Waals surface area contributed by atoms with Crippen LogP contribution in [0.1, 0.15) is 56.0 Å². The van der Waals surface area contributed by atoms with Gasteiger partial charge >= 0.3 is 5.97 Å². The number of hydrogen-bond donors (Lipinski definition) is 2. The first-order valence-electron chi connectivity index (χ1n) is 13.6. The topological polar surface area (TPSA) is 128 Å². The number of carbonyl (C=O) groups is 3. The average molecular weight is 616 g/mol. The molecule has 0 fully saturated rings. The van der Waals surface area contributed by atoms with Crippen molar-refractivity contribution in [2.75, 3.05) is 17.7 Å². The highest BCUT2D eigenvalue weighted by molar-refractivity contribution is 8.00. The van der Waals surface area contributed by atoms with Crippen LogP contribution < -0.4 is 10.6 Å². The Balaban J connectivity index is 1.26. The molecule has 3 aromatic carbocycles. The highest BCUT2D eigenvalue weighted by Crippen LogP contribution is 2.43. The van der Waals surface area contributed by atoms with Gasteiger partial charge in [-0.3, -0.25) is 19.7 Å². The van der Waals surface area contributed by atoms with Crippen molar-refractivity contribution >= 4 is 57.3 Å². The molecule has 1 heterocycles. The Morgan fingerprint density at radius 1 is 1.02 bits per heavy atom. The quantitative estimate of drug-likeness (QED) is 0.0891. The molecule has 43 heavy (non-hydrogen) atoms. The molecule has 2 atom stereocenters. The smallest absolute Gasteiger partial charge is 0.341 e. The summed E-state index contributed by atoms with van der Waals surface area (Å²) in [5.74, 6) is -0.769. The Hall–Kier alpha value is -4.48. The standard InChI is InChI=1S/C32H29N3O6S2/c1-19(42-25-10-6-9-23(18-25)33-30(37)21-11-14-24(15-12-21)35(39)40)29(36)34-31-28(32(38)41-2)26-16-13-22(17-27(26)43-31)20-7-4-3-5-8-20/h3-12,14-15,18-19,22H,13,16-17H2,1-2H3,(H,33,37)(H,34,36). The molecule has 2 amide bonds. The number of rotatable bonds is 9. The second-order valence-electron chi connectivity index (χ2n) is 10.1. The van der Waals surface area contributed by atoms with Gasteiger partial charge in [0.05, 0.1) is 22.8 Å². The molecular formula is C32H29N3O6S2. The fourth-order valence-corrected chi connectivity index (χ4v) is 7.30. The number of hydrogen-bond acceptors (Lipinski definition) is 8. The average Bonchev–Trinajstić information content (AvgIpc) is 3.38. The first-order chi connectivity index (χ1) is 20.7. The molecule has 0 spiro atoms. The zero-order valence-corrected chi connectivity index (χ0v) is 25.1. The number of non-ortho nitro benzene ring substituents is 1. The number of methoxy groups -OCH3 is 1. The molecule has 0 radical (unpaired) electrons. The van der Waals surface area contributed by atoms with E-state index in [-0.39, 0.29) is 17.2 Å². The number of anilines is 2. The van der Waals surface area contributed by atoms with Crippen LogP contribution in [0.15, 0.2) is 83.8 Å². The van der Waals surface area contributed by atoms with E-state index in [4.69, 9.17) is 4.74 Å². The fourth-order valence-electron chi connectivity index (χ4n) is 5.06. The van der Waals surface area contributed by atoms with Gasteiger partial charge in [-0.2, -0.15) is 0 Å². The molecule has 5 rings (SSSR count). The molecular weight excluding hydrogens is 587 g/mol. The fraction of sp³-hybridized carbons (Fsp3) is 0.219. The minimum atomic E-state index is -0.524. The lowest BCUT2D eigenvalue weighted by molar-refractivity contribution is -0.384. The monoisotopic (exact) mass is 615 g/mol. The minimum absolute atomic E-state index is 0.0972. The number of esters is 1. The van der Waals surface area contributed by atoms with Crippen molar-refractivity contribution in [1.29, 1.82) is 0 Å². The highest BCUT2D eigenvalue weighted by Gasteiger charge is 2.31. The van der Waals surface area contributed by atoms with Gasteiger partial charge in [-0.1, -0.05) is 36.4 Å². The number of benzene rings is 3. The van der Waals surface area contributed by atoms with Crippen molar-refractivity contribution in [1.82, 2.24) is 0 Å². The largest absolute Gasteiger partial charge is 0.465 e. The summed E-state index contributed by atoms with van der Waals surface area (Å²) in [5.41, 5.74) is 3.37. The van der Waals surface area contributed by atoms with Crippen molar-refractivity contribution < 1.29 is 24.0 Å². The van der Waals surface area contributed by atoms with Crippen molar-refractivity contribution in [3.63, 3.8) is 0 Å². The molecule has 0 bridgehead atoms. The second-order valence-corrected chi connectivity index (χ2v) is 12.6. The Morgan fingerprint density at radius 2 is 1.77 bits per heavy atom. The van der Waals surface area contributed by atoms with Gasteiger partial charge in [0.1, 0.15) is 5.00 Å². The lowest BCUT2D eigenvalue weighted by Gasteiger charge is -2.22. The van der Waals surface area contributed by atoms with Gasteiger partial charge in [0.15, 0.2) is 0 Å². The van der Waals surface area contributed by atoms with Crippen LogP contribution in [0, 0.1) is 10.1 Å². The minimum Gasteiger partial charge on any atom is -0.465 e. The van der Waals surface area contributed by atoms with Crippen LogP contribution in [-0.2, 0) is 22.4 Å². The number of fused-ring (bicyclic) bond motifs is 1. The number of nitro benzene ring substituents is 1. The molecule has 0 saturated heterocycles. The number of thioether (sulfide) groups is 1. The van der Waals surface area contributed by atoms with Crippen LogP contribution in [0.2, 0.25) is 0 Å². The van der Waals surface area contributed by atoms with Crippen LogP contribution >= 0.6 is 23.1 Å². The van der Waals surface area contributed by atoms with Crippen molar-refractivity contribution in [3.8, 4) is 0 Å². The first-order valence-corrected chi connectivity index (χ1v) is 15.3. The van der Waals surface area contributed by atoms with Gasteiger partial charge in [-0.25, -0.2) is 4.79 Å². The molecule has 2 N–H and O–H groups in total. The molecule has 11 heteroatoms. The SMILES string of the molecule is COC(=O)c1c(NC(=O)C(C)Sc2cccc(NC(=O)c3ccc([N+](=O)[O-])cc3)c2)sc2c1CCC(c1ccccc1)C2. The first kappa shape index (κ1) is 30.0. The summed E-state index contributed by atoms with van der Waals surface area (Å²) in [7, 11) is 1.35. The maximum absolute atomic E-state index is 13.3. The number of carbonyl (C=O) groups excluding carboxylic acids is 3. The summed E-state index contributed by atoms with van der Waals surface area (Å²) in [6.45, 7) is 1.78. The molecule has 0 saturated carbocycles. The van der Waals surface area contributed by atoms with Crippen molar-refractivity contribution in [2.45, 2.75) is 42.2 Å². The summed E-state index contributed by atoms with van der Waals surface area (Å²) in [5, 5.41) is 16.6. The van der Waals surface area contributed by atoms with Crippen LogP contribution in [0.5, 0.6) is 0 Å². The van der Waals surface area contributed by atoms with Gasteiger partial charge in [-0.05, 0) is 73.6 Å². The van der Waals surface area contributed by atoms with Crippen LogP contribution in [0.4, 0.5) is 16.4 Å². The maximum Gasteiger partial charge on any atom is 0.341 e. The molecule has 0 aliphatic heterocycles. The van der Waals surface area contributed by atoms with Gasteiger partial charge in [0, 0.05) is 33.2 Å². The number of nitrogens with zero attached hydrogens (tertiary/aromatic N) is 1. The lowest BCUT2D eigenvalue weighted by atomic mass is 9.83. The van der Waals surface area contributed by atoms with E-state index < -0.39 is 22.0 Å². The Labute approximate surface area is 256 Å². The summed E-state index contributed by atoms with van der Waals surface area (Å²) in [6, 6.07) is 22.7. The molecule has 9 nitrogen and oxygen atoms in total.